The first kappa shape index (κ1) is 15.1. The second kappa shape index (κ2) is 6.00. The largest absolute Gasteiger partial charge is 0.464 e. The lowest BCUT2D eigenvalue weighted by Crippen LogP contribution is -2.27. The van der Waals surface area contributed by atoms with Crippen LogP contribution in [0, 0.1) is 0 Å². The van der Waals surface area contributed by atoms with Gasteiger partial charge in [0.1, 0.15) is 0 Å². The van der Waals surface area contributed by atoms with E-state index in [0.717, 1.165) is 16.2 Å². The minimum Gasteiger partial charge on any atom is -0.464 e. The molecule has 0 N–H and O–H groups in total. The molecule has 6 nitrogen and oxygen atoms in total. The Kier molecular flexibility index (Phi) is 4.53. The molecule has 2 aromatic heterocycles. The second-order valence-electron chi connectivity index (χ2n) is 3.82. The molecule has 0 aromatic carbocycles. The average molecular weight is 332 g/mol. The molecule has 2 aromatic rings. The summed E-state index contributed by atoms with van der Waals surface area (Å²) in [6, 6.07) is 3.71. The van der Waals surface area contributed by atoms with Gasteiger partial charge in [0.15, 0.2) is 9.90 Å². The first-order valence-electron chi connectivity index (χ1n) is 5.47. The summed E-state index contributed by atoms with van der Waals surface area (Å²) in [6.07, 6.45) is 0. The van der Waals surface area contributed by atoms with Gasteiger partial charge in [-0.1, -0.05) is 6.07 Å². The Balaban J connectivity index is 2.30. The number of esters is 1. The van der Waals surface area contributed by atoms with Gasteiger partial charge < -0.3 is 4.74 Å². The van der Waals surface area contributed by atoms with Crippen molar-refractivity contribution < 1.29 is 17.9 Å². The van der Waals surface area contributed by atoms with Gasteiger partial charge in [-0.25, -0.2) is 18.2 Å². The van der Waals surface area contributed by atoms with E-state index in [4.69, 9.17) is 0 Å². The molecule has 9 heteroatoms. The number of nitrogens with zero attached hydrogens (tertiary/aromatic N) is 2. The Bertz CT molecular complexity index is 691. The molecule has 0 saturated heterocycles. The Morgan fingerprint density at radius 3 is 2.80 bits per heavy atom. The highest BCUT2D eigenvalue weighted by Crippen LogP contribution is 2.25. The highest BCUT2D eigenvalue weighted by molar-refractivity contribution is 7.91. The number of thiophene rings is 1. The molecule has 0 atom stereocenters. The number of thiazole rings is 1. The summed E-state index contributed by atoms with van der Waals surface area (Å²) in [6.45, 7) is 0.249. The first-order valence-corrected chi connectivity index (χ1v) is 8.67. The Morgan fingerprint density at radius 2 is 2.20 bits per heavy atom. The number of rotatable bonds is 5. The number of aromatic nitrogens is 1. The van der Waals surface area contributed by atoms with Crippen molar-refractivity contribution in [2.24, 2.45) is 0 Å². The molecule has 0 amide bonds. The van der Waals surface area contributed by atoms with Crippen LogP contribution in [0.5, 0.6) is 0 Å². The van der Waals surface area contributed by atoms with Crippen molar-refractivity contribution in [3.8, 4) is 0 Å². The van der Waals surface area contributed by atoms with Crippen molar-refractivity contribution in [2.45, 2.75) is 10.8 Å². The number of methoxy groups -OCH3 is 1. The first-order chi connectivity index (χ1) is 9.46. The van der Waals surface area contributed by atoms with Crippen LogP contribution in [0.2, 0.25) is 0 Å². The van der Waals surface area contributed by atoms with Crippen molar-refractivity contribution in [3.05, 3.63) is 33.6 Å². The third-order valence-corrected chi connectivity index (χ3v) is 6.53. The van der Waals surface area contributed by atoms with Gasteiger partial charge in [0, 0.05) is 18.5 Å². The van der Waals surface area contributed by atoms with E-state index >= 15 is 0 Å². The van der Waals surface area contributed by atoms with Crippen LogP contribution in [0.3, 0.4) is 0 Å². The SMILES string of the molecule is COC(=O)c1ncsc1S(=O)(=O)N(C)Cc1cccs1. The standard InChI is InChI=1S/C11H12N2O4S3/c1-13(6-8-4-3-5-18-8)20(15,16)11-9(10(14)17-2)12-7-19-11/h3-5,7H,6H2,1-2H3. The topological polar surface area (TPSA) is 76.6 Å². The van der Waals surface area contributed by atoms with Gasteiger partial charge in [0.25, 0.3) is 10.0 Å². The number of ether oxygens (including phenoxy) is 1. The van der Waals surface area contributed by atoms with Crippen molar-refractivity contribution in [1.29, 1.82) is 0 Å². The average Bonchev–Trinajstić information content (AvgIpc) is 3.08. The summed E-state index contributed by atoms with van der Waals surface area (Å²) >= 11 is 2.37. The molecule has 108 valence electrons. The zero-order chi connectivity index (χ0) is 14.8. The quantitative estimate of drug-likeness (QED) is 0.781. The smallest absolute Gasteiger partial charge is 0.358 e. The van der Waals surface area contributed by atoms with Crippen LogP contribution in [0.15, 0.2) is 27.2 Å². The molecule has 0 fully saturated rings. The molecule has 0 bridgehead atoms. The fourth-order valence-electron chi connectivity index (χ4n) is 1.50. The maximum Gasteiger partial charge on any atom is 0.358 e. The van der Waals surface area contributed by atoms with E-state index in [-0.39, 0.29) is 16.4 Å². The molecular formula is C11H12N2O4S3. The molecule has 0 spiro atoms. The zero-order valence-corrected chi connectivity index (χ0v) is 13.2. The van der Waals surface area contributed by atoms with Crippen LogP contribution >= 0.6 is 22.7 Å². The van der Waals surface area contributed by atoms with Crippen LogP contribution in [0.4, 0.5) is 0 Å². The molecule has 0 unspecified atom stereocenters. The van der Waals surface area contributed by atoms with E-state index < -0.39 is 16.0 Å². The van der Waals surface area contributed by atoms with E-state index in [0.29, 0.717) is 0 Å². The van der Waals surface area contributed by atoms with Gasteiger partial charge >= 0.3 is 5.97 Å². The monoisotopic (exact) mass is 332 g/mol. The van der Waals surface area contributed by atoms with Gasteiger partial charge in [-0.2, -0.15) is 4.31 Å². The maximum absolute atomic E-state index is 12.5. The summed E-state index contributed by atoms with van der Waals surface area (Å²) in [4.78, 5) is 16.2. The second-order valence-corrected chi connectivity index (χ2v) is 7.95. The molecule has 0 saturated carbocycles. The van der Waals surface area contributed by atoms with Gasteiger partial charge in [-0.3, -0.25) is 0 Å². The van der Waals surface area contributed by atoms with Crippen LogP contribution in [0.1, 0.15) is 15.4 Å². The minimum atomic E-state index is -3.76. The predicted molar refractivity (Wildman–Crippen MR) is 76.4 cm³/mol. The molecule has 0 aliphatic rings. The van der Waals surface area contributed by atoms with E-state index in [1.807, 2.05) is 17.5 Å². The third kappa shape index (κ3) is 2.90. The highest BCUT2D eigenvalue weighted by atomic mass is 32.2. The lowest BCUT2D eigenvalue weighted by atomic mass is 10.5. The Hall–Kier alpha value is -1.29. The summed E-state index contributed by atoms with van der Waals surface area (Å²) < 4.78 is 30.5. The highest BCUT2D eigenvalue weighted by Gasteiger charge is 2.30. The summed E-state index contributed by atoms with van der Waals surface area (Å²) in [5, 5.41) is 1.88. The summed E-state index contributed by atoms with van der Waals surface area (Å²) in [7, 11) is -1.11. The Morgan fingerprint density at radius 1 is 1.45 bits per heavy atom. The number of hydrogen-bond donors (Lipinski definition) is 0. The predicted octanol–water partition coefficient (Wildman–Crippen LogP) is 1.81. The molecule has 0 aliphatic heterocycles. The van der Waals surface area contributed by atoms with E-state index in [1.165, 1.54) is 35.3 Å². The number of sulfonamides is 1. The van der Waals surface area contributed by atoms with Crippen molar-refractivity contribution in [2.75, 3.05) is 14.2 Å². The van der Waals surface area contributed by atoms with E-state index in [2.05, 4.69) is 9.72 Å². The van der Waals surface area contributed by atoms with Gasteiger partial charge in [-0.15, -0.1) is 22.7 Å². The number of hydrogen-bond acceptors (Lipinski definition) is 7. The lowest BCUT2D eigenvalue weighted by Gasteiger charge is -2.15. The molecule has 20 heavy (non-hydrogen) atoms. The van der Waals surface area contributed by atoms with Crippen molar-refractivity contribution in [1.82, 2.24) is 9.29 Å². The number of carbonyl (C=O) groups is 1. The third-order valence-electron chi connectivity index (χ3n) is 2.52. The molecule has 2 heterocycles. The fraction of sp³-hybridized carbons (Fsp3) is 0.273. The Labute approximate surface area is 124 Å². The normalized spacial score (nSPS) is 11.8. The molecule has 2 rings (SSSR count). The molecule has 0 aliphatic carbocycles. The molecule has 0 radical (unpaired) electrons. The van der Waals surface area contributed by atoms with Crippen molar-refractivity contribution >= 4 is 38.7 Å². The summed E-state index contributed by atoms with van der Waals surface area (Å²) in [5.74, 6) is -0.755. The van der Waals surface area contributed by atoms with E-state index in [1.54, 1.807) is 0 Å². The molecular weight excluding hydrogens is 320 g/mol. The van der Waals surface area contributed by atoms with Gasteiger partial charge in [0.05, 0.1) is 12.6 Å². The van der Waals surface area contributed by atoms with Crippen LogP contribution in [-0.4, -0.2) is 37.8 Å². The van der Waals surface area contributed by atoms with Gasteiger partial charge in [0.2, 0.25) is 0 Å². The van der Waals surface area contributed by atoms with Crippen LogP contribution in [-0.2, 0) is 21.3 Å². The summed E-state index contributed by atoms with van der Waals surface area (Å²) in [5.41, 5.74) is 1.15. The van der Waals surface area contributed by atoms with Gasteiger partial charge in [-0.05, 0) is 11.4 Å². The van der Waals surface area contributed by atoms with E-state index in [9.17, 15) is 13.2 Å². The van der Waals surface area contributed by atoms with Crippen LogP contribution < -0.4 is 0 Å². The fourth-order valence-corrected chi connectivity index (χ4v) is 4.81. The maximum atomic E-state index is 12.5. The van der Waals surface area contributed by atoms with Crippen LogP contribution in [0.25, 0.3) is 0 Å². The minimum absolute atomic E-state index is 0.0941. The van der Waals surface area contributed by atoms with Crippen molar-refractivity contribution in [3.63, 3.8) is 0 Å². The number of carbonyl (C=O) groups excluding carboxylic acids is 1. The lowest BCUT2D eigenvalue weighted by molar-refractivity contribution is 0.0590. The zero-order valence-electron chi connectivity index (χ0n) is 10.8.